The largest absolute Gasteiger partial charge is 0.325 e. The number of amides is 1. The number of anilines is 1. The van der Waals surface area contributed by atoms with Gasteiger partial charge in [-0.25, -0.2) is 0 Å². The molecular weight excluding hydrogens is 382 g/mol. The molecule has 0 saturated carbocycles. The van der Waals surface area contributed by atoms with Gasteiger partial charge < -0.3 is 5.32 Å². The Balaban J connectivity index is 1.49. The van der Waals surface area contributed by atoms with Crippen LogP contribution in [0.5, 0.6) is 0 Å². The van der Waals surface area contributed by atoms with Crippen LogP contribution in [0.25, 0.3) is 5.69 Å². The van der Waals surface area contributed by atoms with Gasteiger partial charge in [0, 0.05) is 11.4 Å². The lowest BCUT2D eigenvalue weighted by Crippen LogP contribution is -2.21. The van der Waals surface area contributed by atoms with E-state index in [0.717, 1.165) is 47.6 Å². The van der Waals surface area contributed by atoms with E-state index in [1.807, 2.05) is 61.5 Å². The van der Waals surface area contributed by atoms with Crippen molar-refractivity contribution in [3.05, 3.63) is 66.0 Å². The summed E-state index contributed by atoms with van der Waals surface area (Å²) >= 11 is 1.41. The van der Waals surface area contributed by atoms with Gasteiger partial charge in [-0.15, -0.1) is 10.2 Å². The zero-order chi connectivity index (χ0) is 20.1. The van der Waals surface area contributed by atoms with E-state index in [4.69, 9.17) is 0 Å². The van der Waals surface area contributed by atoms with Gasteiger partial charge in [0.25, 0.3) is 0 Å². The third-order valence-electron chi connectivity index (χ3n) is 4.91. The summed E-state index contributed by atoms with van der Waals surface area (Å²) in [5.74, 6) is 1.15. The fraction of sp³-hybridized carbons (Fsp3) is 0.318. The molecule has 0 aliphatic carbocycles. The highest BCUT2D eigenvalue weighted by Crippen LogP contribution is 2.24. The van der Waals surface area contributed by atoms with Gasteiger partial charge in [-0.2, -0.15) is 0 Å². The molecule has 2 aromatic carbocycles. The Labute approximate surface area is 175 Å². The first-order valence-corrected chi connectivity index (χ1v) is 10.9. The second-order valence-electron chi connectivity index (χ2n) is 7.26. The molecule has 1 aliphatic heterocycles. The molecule has 3 aromatic rings. The van der Waals surface area contributed by atoms with Crippen molar-refractivity contribution in [1.82, 2.24) is 19.7 Å². The first-order valence-electron chi connectivity index (χ1n) is 9.90. The highest BCUT2D eigenvalue weighted by molar-refractivity contribution is 7.99. The van der Waals surface area contributed by atoms with Crippen molar-refractivity contribution in [2.45, 2.75) is 31.5 Å². The number of benzene rings is 2. The van der Waals surface area contributed by atoms with Gasteiger partial charge in [-0.3, -0.25) is 14.3 Å². The maximum atomic E-state index is 12.4. The lowest BCUT2D eigenvalue weighted by molar-refractivity contribution is -0.113. The molecule has 29 heavy (non-hydrogen) atoms. The lowest BCUT2D eigenvalue weighted by Gasteiger charge is -2.16. The summed E-state index contributed by atoms with van der Waals surface area (Å²) < 4.78 is 2.07. The van der Waals surface area contributed by atoms with Crippen molar-refractivity contribution in [3.8, 4) is 5.69 Å². The first-order chi connectivity index (χ1) is 14.2. The molecule has 0 spiro atoms. The molecular formula is C22H25N5OS. The number of aryl methyl sites for hydroxylation is 1. The third kappa shape index (κ3) is 5.05. The van der Waals surface area contributed by atoms with E-state index in [9.17, 15) is 4.79 Å². The minimum atomic E-state index is -0.0516. The predicted octanol–water partition coefficient (Wildman–Crippen LogP) is 3.90. The second kappa shape index (κ2) is 9.24. The van der Waals surface area contributed by atoms with Gasteiger partial charge in [0.2, 0.25) is 5.91 Å². The van der Waals surface area contributed by atoms with E-state index < -0.39 is 0 Å². The molecule has 7 heteroatoms. The Bertz CT molecular complexity index is 966. The Kier molecular flexibility index (Phi) is 6.27. The highest BCUT2D eigenvalue weighted by atomic mass is 32.2. The average Bonchev–Trinajstić information content (AvgIpc) is 3.37. The van der Waals surface area contributed by atoms with Crippen LogP contribution in [0.3, 0.4) is 0 Å². The van der Waals surface area contributed by atoms with E-state index in [0.29, 0.717) is 0 Å². The second-order valence-corrected chi connectivity index (χ2v) is 8.20. The van der Waals surface area contributed by atoms with Crippen molar-refractivity contribution in [1.29, 1.82) is 0 Å². The topological polar surface area (TPSA) is 63.1 Å². The van der Waals surface area contributed by atoms with Gasteiger partial charge in [0.15, 0.2) is 11.0 Å². The monoisotopic (exact) mass is 407 g/mol. The Hall–Kier alpha value is -2.64. The van der Waals surface area contributed by atoms with Crippen LogP contribution >= 0.6 is 11.8 Å². The molecule has 0 atom stereocenters. The van der Waals surface area contributed by atoms with Crippen LogP contribution in [0.15, 0.2) is 59.8 Å². The summed E-state index contributed by atoms with van der Waals surface area (Å²) in [6.07, 6.45) is 2.47. The molecule has 150 valence electrons. The SMILES string of the molecule is Cc1cccc(NC(=O)CSc2nnc(CN3CCCC3)n2-c2ccccc2)c1. The number of nitrogens with one attached hydrogen (secondary N) is 1. The maximum Gasteiger partial charge on any atom is 0.234 e. The number of aromatic nitrogens is 3. The molecule has 1 aromatic heterocycles. The van der Waals surface area contributed by atoms with Crippen molar-refractivity contribution >= 4 is 23.4 Å². The number of likely N-dealkylation sites (tertiary alicyclic amines) is 1. The van der Waals surface area contributed by atoms with Crippen molar-refractivity contribution in [3.63, 3.8) is 0 Å². The molecule has 1 N–H and O–H groups in total. The van der Waals surface area contributed by atoms with E-state index in [1.54, 1.807) is 0 Å². The number of rotatable bonds is 7. The van der Waals surface area contributed by atoms with Crippen LogP contribution in [-0.2, 0) is 11.3 Å². The summed E-state index contributed by atoms with van der Waals surface area (Å²) in [5.41, 5.74) is 2.95. The molecule has 1 amide bonds. The quantitative estimate of drug-likeness (QED) is 0.602. The molecule has 0 radical (unpaired) electrons. The van der Waals surface area contributed by atoms with Gasteiger partial charge in [-0.1, -0.05) is 42.1 Å². The number of para-hydroxylation sites is 1. The lowest BCUT2D eigenvalue weighted by atomic mass is 10.2. The normalized spacial score (nSPS) is 14.2. The Morgan fingerprint density at radius 3 is 2.62 bits per heavy atom. The number of hydrogen-bond donors (Lipinski definition) is 1. The number of nitrogens with zero attached hydrogens (tertiary/aromatic N) is 4. The zero-order valence-electron chi connectivity index (χ0n) is 16.5. The zero-order valence-corrected chi connectivity index (χ0v) is 17.4. The summed E-state index contributed by atoms with van der Waals surface area (Å²) in [4.78, 5) is 14.8. The van der Waals surface area contributed by atoms with Gasteiger partial charge in [-0.05, 0) is 62.7 Å². The smallest absolute Gasteiger partial charge is 0.234 e. The summed E-state index contributed by atoms with van der Waals surface area (Å²) in [6.45, 7) is 4.98. The number of carbonyl (C=O) groups excluding carboxylic acids is 1. The number of carbonyl (C=O) groups is 1. The molecule has 1 fully saturated rings. The van der Waals surface area contributed by atoms with E-state index >= 15 is 0 Å². The highest BCUT2D eigenvalue weighted by Gasteiger charge is 2.20. The first kappa shape index (κ1) is 19.7. The van der Waals surface area contributed by atoms with Crippen LogP contribution < -0.4 is 5.32 Å². The standard InChI is InChI=1S/C22H25N5OS/c1-17-8-7-9-18(14-17)23-21(28)16-29-22-25-24-20(15-26-12-5-6-13-26)27(22)19-10-3-2-4-11-19/h2-4,7-11,14H,5-6,12-13,15-16H2,1H3,(H,23,28). The third-order valence-corrected chi connectivity index (χ3v) is 5.84. The fourth-order valence-corrected chi connectivity index (χ4v) is 4.29. The van der Waals surface area contributed by atoms with Gasteiger partial charge in [0.1, 0.15) is 0 Å². The average molecular weight is 408 g/mol. The van der Waals surface area contributed by atoms with Crippen molar-refractivity contribution in [2.75, 3.05) is 24.2 Å². The minimum Gasteiger partial charge on any atom is -0.325 e. The molecule has 1 saturated heterocycles. The number of thioether (sulfide) groups is 1. The molecule has 4 rings (SSSR count). The molecule has 1 aliphatic rings. The summed E-state index contributed by atoms with van der Waals surface area (Å²) in [5, 5.41) is 12.5. The van der Waals surface area contributed by atoms with Gasteiger partial charge in [0.05, 0.1) is 12.3 Å². The van der Waals surface area contributed by atoms with E-state index in [-0.39, 0.29) is 11.7 Å². The Morgan fingerprint density at radius 2 is 1.86 bits per heavy atom. The summed E-state index contributed by atoms with van der Waals surface area (Å²) in [6, 6.07) is 17.9. The van der Waals surface area contributed by atoms with E-state index in [2.05, 4.69) is 25.0 Å². The number of hydrogen-bond acceptors (Lipinski definition) is 5. The molecule has 0 unspecified atom stereocenters. The van der Waals surface area contributed by atoms with Crippen LogP contribution in [0, 0.1) is 6.92 Å². The van der Waals surface area contributed by atoms with Gasteiger partial charge >= 0.3 is 0 Å². The van der Waals surface area contributed by atoms with Crippen LogP contribution in [0.4, 0.5) is 5.69 Å². The Morgan fingerprint density at radius 1 is 1.07 bits per heavy atom. The van der Waals surface area contributed by atoms with Crippen molar-refractivity contribution in [2.24, 2.45) is 0 Å². The maximum absolute atomic E-state index is 12.4. The van der Waals surface area contributed by atoms with Crippen LogP contribution in [-0.4, -0.2) is 44.4 Å². The fourth-order valence-electron chi connectivity index (χ4n) is 3.52. The van der Waals surface area contributed by atoms with E-state index in [1.165, 1.54) is 24.6 Å². The van der Waals surface area contributed by atoms with Crippen LogP contribution in [0.2, 0.25) is 0 Å². The molecule has 6 nitrogen and oxygen atoms in total. The van der Waals surface area contributed by atoms with Crippen LogP contribution in [0.1, 0.15) is 24.2 Å². The molecule has 2 heterocycles. The van der Waals surface area contributed by atoms with Crippen molar-refractivity contribution < 1.29 is 4.79 Å². The minimum absolute atomic E-state index is 0.0516. The predicted molar refractivity (Wildman–Crippen MR) is 116 cm³/mol. The summed E-state index contributed by atoms with van der Waals surface area (Å²) in [7, 11) is 0. The molecule has 0 bridgehead atoms.